The molecular formula is C15H14BrN3O2S. The molecule has 22 heavy (non-hydrogen) atoms. The fraction of sp³-hybridized carbons (Fsp3) is 0.133. The van der Waals surface area contributed by atoms with Crippen molar-refractivity contribution < 1.29 is 9.59 Å². The van der Waals surface area contributed by atoms with Crippen molar-refractivity contribution in [3.05, 3.63) is 51.1 Å². The Hall–Kier alpha value is -1.99. The zero-order valence-corrected chi connectivity index (χ0v) is 14.0. The summed E-state index contributed by atoms with van der Waals surface area (Å²) in [5.41, 5.74) is 3.12. The number of carbonyl (C=O) groups excluding carboxylic acids is 2. The van der Waals surface area contributed by atoms with Crippen LogP contribution in [0, 0.1) is 0 Å². The van der Waals surface area contributed by atoms with Gasteiger partial charge in [0.15, 0.2) is 0 Å². The third-order valence-corrected chi connectivity index (χ3v) is 4.17. The van der Waals surface area contributed by atoms with Gasteiger partial charge in [-0.3, -0.25) is 9.59 Å². The van der Waals surface area contributed by atoms with Crippen molar-refractivity contribution >= 4 is 51.0 Å². The highest BCUT2D eigenvalue weighted by Crippen LogP contribution is 2.20. The van der Waals surface area contributed by atoms with Crippen LogP contribution in [0.2, 0.25) is 0 Å². The lowest BCUT2D eigenvalue weighted by Crippen LogP contribution is -2.20. The van der Waals surface area contributed by atoms with Gasteiger partial charge >= 0.3 is 0 Å². The second-order valence-corrected chi connectivity index (χ2v) is 6.84. The van der Waals surface area contributed by atoms with E-state index in [0.29, 0.717) is 5.69 Å². The van der Waals surface area contributed by atoms with E-state index in [9.17, 15) is 9.59 Å². The Labute approximate surface area is 140 Å². The van der Waals surface area contributed by atoms with Gasteiger partial charge in [0, 0.05) is 23.4 Å². The molecule has 0 unspecified atom stereocenters. The number of hydrogen-bond donors (Lipinski definition) is 2. The van der Waals surface area contributed by atoms with Gasteiger partial charge in [0.25, 0.3) is 0 Å². The SMILES string of the molecule is O=C(CCC(=O)Nc1ccccc1)N/N=C\c1ccc(Br)s1. The number of hydrogen-bond acceptors (Lipinski definition) is 4. The lowest BCUT2D eigenvalue weighted by molar-refractivity contribution is -0.124. The smallest absolute Gasteiger partial charge is 0.240 e. The molecule has 0 aliphatic carbocycles. The maximum atomic E-state index is 11.7. The van der Waals surface area contributed by atoms with Crippen LogP contribution in [0.4, 0.5) is 5.69 Å². The van der Waals surface area contributed by atoms with Crippen LogP contribution in [0.25, 0.3) is 0 Å². The number of rotatable bonds is 6. The third-order valence-electron chi connectivity index (χ3n) is 2.61. The van der Waals surface area contributed by atoms with Crippen LogP contribution in [0.1, 0.15) is 17.7 Å². The minimum absolute atomic E-state index is 0.0874. The summed E-state index contributed by atoms with van der Waals surface area (Å²) in [6.07, 6.45) is 1.77. The number of hydrazone groups is 1. The van der Waals surface area contributed by atoms with Gasteiger partial charge in [0.2, 0.25) is 11.8 Å². The Balaban J connectivity index is 1.69. The highest BCUT2D eigenvalue weighted by atomic mass is 79.9. The normalized spacial score (nSPS) is 10.6. The van der Waals surface area contributed by atoms with Crippen LogP contribution < -0.4 is 10.7 Å². The average molecular weight is 380 g/mol. The molecule has 114 valence electrons. The molecule has 7 heteroatoms. The fourth-order valence-electron chi connectivity index (χ4n) is 1.59. The maximum Gasteiger partial charge on any atom is 0.240 e. The van der Waals surface area contributed by atoms with Gasteiger partial charge < -0.3 is 5.32 Å². The highest BCUT2D eigenvalue weighted by Gasteiger charge is 2.06. The molecule has 0 saturated carbocycles. The van der Waals surface area contributed by atoms with Crippen molar-refractivity contribution in [3.63, 3.8) is 0 Å². The Morgan fingerprint density at radius 2 is 1.82 bits per heavy atom. The molecule has 0 radical (unpaired) electrons. The van der Waals surface area contributed by atoms with E-state index in [0.717, 1.165) is 8.66 Å². The molecule has 2 aromatic rings. The fourth-order valence-corrected chi connectivity index (χ4v) is 2.89. The monoisotopic (exact) mass is 379 g/mol. The number of anilines is 1. The van der Waals surface area contributed by atoms with Crippen molar-refractivity contribution in [3.8, 4) is 0 Å². The summed E-state index contributed by atoms with van der Waals surface area (Å²) in [5.74, 6) is -0.498. The minimum Gasteiger partial charge on any atom is -0.326 e. The molecule has 0 aliphatic rings. The van der Waals surface area contributed by atoms with Crippen LogP contribution in [0.15, 0.2) is 51.4 Å². The second-order valence-electron chi connectivity index (χ2n) is 4.35. The molecule has 0 saturated heterocycles. The number of amides is 2. The van der Waals surface area contributed by atoms with Gasteiger partial charge in [0.1, 0.15) is 0 Å². The van der Waals surface area contributed by atoms with Gasteiger partial charge in [-0.15, -0.1) is 11.3 Å². The van der Waals surface area contributed by atoms with Gasteiger partial charge in [0.05, 0.1) is 10.0 Å². The first kappa shape index (κ1) is 16.4. The molecule has 2 rings (SSSR count). The minimum atomic E-state index is -0.296. The van der Waals surface area contributed by atoms with E-state index in [4.69, 9.17) is 0 Å². The quantitative estimate of drug-likeness (QED) is 0.596. The lowest BCUT2D eigenvalue weighted by atomic mass is 10.2. The van der Waals surface area contributed by atoms with E-state index >= 15 is 0 Å². The van der Waals surface area contributed by atoms with Gasteiger partial charge in [-0.25, -0.2) is 5.43 Å². The number of thiophene rings is 1. The van der Waals surface area contributed by atoms with Crippen LogP contribution in [-0.4, -0.2) is 18.0 Å². The van der Waals surface area contributed by atoms with Crippen LogP contribution in [0.5, 0.6) is 0 Å². The van der Waals surface area contributed by atoms with Crippen LogP contribution in [0.3, 0.4) is 0 Å². The number of halogens is 1. The van der Waals surface area contributed by atoms with Crippen LogP contribution in [-0.2, 0) is 9.59 Å². The Morgan fingerprint density at radius 3 is 2.50 bits per heavy atom. The predicted octanol–water partition coefficient (Wildman–Crippen LogP) is 3.38. The van der Waals surface area contributed by atoms with E-state index in [-0.39, 0.29) is 24.7 Å². The predicted molar refractivity (Wildman–Crippen MR) is 92.1 cm³/mol. The summed E-state index contributed by atoms with van der Waals surface area (Å²) in [5, 5.41) is 6.57. The first-order valence-corrected chi connectivity index (χ1v) is 8.16. The van der Waals surface area contributed by atoms with Crippen molar-refractivity contribution in [1.29, 1.82) is 0 Å². The van der Waals surface area contributed by atoms with Crippen molar-refractivity contribution in [2.75, 3.05) is 5.32 Å². The first-order valence-electron chi connectivity index (χ1n) is 6.55. The summed E-state index contributed by atoms with van der Waals surface area (Å²) in [4.78, 5) is 24.2. The van der Waals surface area contributed by atoms with E-state index in [1.54, 1.807) is 18.3 Å². The standard InChI is InChI=1S/C15H14BrN3O2S/c16-13-7-6-12(22-13)10-17-19-15(21)9-8-14(20)18-11-4-2-1-3-5-11/h1-7,10H,8-9H2,(H,18,20)(H,19,21)/b17-10-. The maximum absolute atomic E-state index is 11.7. The molecule has 0 bridgehead atoms. The molecule has 5 nitrogen and oxygen atoms in total. The zero-order valence-electron chi connectivity index (χ0n) is 11.6. The average Bonchev–Trinajstić information content (AvgIpc) is 2.92. The summed E-state index contributed by atoms with van der Waals surface area (Å²) < 4.78 is 0.998. The zero-order chi connectivity index (χ0) is 15.8. The molecular weight excluding hydrogens is 366 g/mol. The van der Waals surface area contributed by atoms with E-state index in [1.807, 2.05) is 30.3 Å². The molecule has 0 atom stereocenters. The van der Waals surface area contributed by atoms with Crippen LogP contribution >= 0.6 is 27.3 Å². The number of para-hydroxylation sites is 1. The number of benzene rings is 1. The Kier molecular flexibility index (Phi) is 6.29. The molecule has 0 aliphatic heterocycles. The topological polar surface area (TPSA) is 70.6 Å². The van der Waals surface area contributed by atoms with Gasteiger partial charge in [-0.1, -0.05) is 18.2 Å². The third kappa shape index (κ3) is 5.79. The molecule has 0 spiro atoms. The van der Waals surface area contributed by atoms with Crippen molar-refractivity contribution in [2.24, 2.45) is 5.10 Å². The summed E-state index contributed by atoms with van der Waals surface area (Å²) in [6.45, 7) is 0. The largest absolute Gasteiger partial charge is 0.326 e. The Morgan fingerprint density at radius 1 is 1.09 bits per heavy atom. The molecule has 1 heterocycles. The second kappa shape index (κ2) is 8.45. The van der Waals surface area contributed by atoms with Crippen molar-refractivity contribution in [1.82, 2.24) is 5.43 Å². The molecule has 0 fully saturated rings. The summed E-state index contributed by atoms with van der Waals surface area (Å²) >= 11 is 4.86. The number of nitrogens with zero attached hydrogens (tertiary/aromatic N) is 1. The molecule has 1 aromatic carbocycles. The molecule has 2 amide bonds. The number of nitrogens with one attached hydrogen (secondary N) is 2. The van der Waals surface area contributed by atoms with E-state index in [1.165, 1.54) is 11.3 Å². The van der Waals surface area contributed by atoms with Gasteiger partial charge in [-0.2, -0.15) is 5.10 Å². The molecule has 1 aromatic heterocycles. The van der Waals surface area contributed by atoms with E-state index < -0.39 is 0 Å². The van der Waals surface area contributed by atoms with E-state index in [2.05, 4.69) is 31.8 Å². The summed E-state index contributed by atoms with van der Waals surface area (Å²) in [7, 11) is 0. The number of carbonyl (C=O) groups is 2. The first-order chi connectivity index (χ1) is 10.6. The van der Waals surface area contributed by atoms with Gasteiger partial charge in [-0.05, 0) is 40.2 Å². The molecule has 2 N–H and O–H groups in total. The summed E-state index contributed by atoms with van der Waals surface area (Å²) in [6, 6.07) is 12.9. The van der Waals surface area contributed by atoms with Crippen molar-refractivity contribution in [2.45, 2.75) is 12.8 Å². The highest BCUT2D eigenvalue weighted by molar-refractivity contribution is 9.11. The lowest BCUT2D eigenvalue weighted by Gasteiger charge is -2.04. The Bertz CT molecular complexity index is 670.